The Labute approximate surface area is 140 Å². The van der Waals surface area contributed by atoms with Crippen molar-refractivity contribution in [3.63, 3.8) is 0 Å². The summed E-state index contributed by atoms with van der Waals surface area (Å²) in [6, 6.07) is 8.85. The Morgan fingerprint density at radius 1 is 1.00 bits per heavy atom. The van der Waals surface area contributed by atoms with E-state index in [1.807, 2.05) is 0 Å². The van der Waals surface area contributed by atoms with Crippen molar-refractivity contribution in [2.45, 2.75) is 32.4 Å². The number of hydrogen-bond donors (Lipinski definition) is 0. The first-order chi connectivity index (χ1) is 11.3. The number of ether oxygens (including phenoxy) is 2. The zero-order valence-corrected chi connectivity index (χ0v) is 14.4. The first-order valence-corrected chi connectivity index (χ1v) is 9.06. The van der Waals surface area contributed by atoms with E-state index < -0.39 is 0 Å². The minimum Gasteiger partial charge on any atom is -0.379 e. The molecule has 23 heavy (non-hydrogen) atoms. The predicted octanol–water partition coefficient (Wildman–Crippen LogP) is 2.17. The minimum absolute atomic E-state index is 0.324. The van der Waals surface area contributed by atoms with Crippen molar-refractivity contribution in [3.05, 3.63) is 35.4 Å². The fourth-order valence-electron chi connectivity index (χ4n) is 3.59. The third-order valence-electron chi connectivity index (χ3n) is 4.89. The van der Waals surface area contributed by atoms with E-state index >= 15 is 0 Å². The highest BCUT2D eigenvalue weighted by Gasteiger charge is 2.22. The number of rotatable bonds is 5. The van der Waals surface area contributed by atoms with Crippen LogP contribution in [-0.4, -0.2) is 68.4 Å². The lowest BCUT2D eigenvalue weighted by Gasteiger charge is -2.31. The van der Waals surface area contributed by atoms with Crippen LogP contribution in [-0.2, 0) is 22.4 Å². The van der Waals surface area contributed by atoms with E-state index in [1.165, 1.54) is 11.1 Å². The van der Waals surface area contributed by atoms with Crippen molar-refractivity contribution < 1.29 is 9.47 Å². The summed E-state index contributed by atoms with van der Waals surface area (Å²) in [5, 5.41) is 0. The highest BCUT2D eigenvalue weighted by Crippen LogP contribution is 2.16. The van der Waals surface area contributed by atoms with Gasteiger partial charge in [-0.25, -0.2) is 0 Å². The van der Waals surface area contributed by atoms with Crippen LogP contribution in [0.4, 0.5) is 0 Å². The van der Waals surface area contributed by atoms with Gasteiger partial charge in [0, 0.05) is 45.9 Å². The molecule has 128 valence electrons. The average molecular weight is 318 g/mol. The number of benzene rings is 1. The molecule has 0 amide bonds. The fourth-order valence-corrected chi connectivity index (χ4v) is 3.59. The molecule has 3 rings (SSSR count). The predicted molar refractivity (Wildman–Crippen MR) is 92.7 cm³/mol. The van der Waals surface area contributed by atoms with Crippen molar-refractivity contribution in [1.29, 1.82) is 0 Å². The molecule has 1 aromatic rings. The Hall–Kier alpha value is -0.940. The van der Waals surface area contributed by atoms with Crippen LogP contribution in [0, 0.1) is 0 Å². The second kappa shape index (κ2) is 8.78. The Balaban J connectivity index is 1.58. The van der Waals surface area contributed by atoms with Gasteiger partial charge in [0.25, 0.3) is 0 Å². The van der Waals surface area contributed by atoms with Gasteiger partial charge >= 0.3 is 0 Å². The molecule has 0 aromatic heterocycles. The third kappa shape index (κ3) is 5.01. The summed E-state index contributed by atoms with van der Waals surface area (Å²) in [5.41, 5.74) is 2.95. The van der Waals surface area contributed by atoms with Crippen molar-refractivity contribution in [2.24, 2.45) is 0 Å². The SMILES string of the molecule is CCc1ccccc1CN1CCCO[C@H](CN2CCOCC2)C1. The molecule has 0 N–H and O–H groups in total. The summed E-state index contributed by atoms with van der Waals surface area (Å²) in [6.45, 7) is 11.2. The zero-order chi connectivity index (χ0) is 15.9. The van der Waals surface area contributed by atoms with Crippen LogP contribution in [0.25, 0.3) is 0 Å². The van der Waals surface area contributed by atoms with Crippen LogP contribution in [0.15, 0.2) is 24.3 Å². The van der Waals surface area contributed by atoms with Crippen LogP contribution < -0.4 is 0 Å². The van der Waals surface area contributed by atoms with Crippen molar-refractivity contribution in [3.8, 4) is 0 Å². The minimum atomic E-state index is 0.324. The summed E-state index contributed by atoms with van der Waals surface area (Å²) < 4.78 is 11.6. The molecule has 2 heterocycles. The van der Waals surface area contributed by atoms with Gasteiger partial charge in [-0.2, -0.15) is 0 Å². The van der Waals surface area contributed by atoms with Crippen LogP contribution in [0.5, 0.6) is 0 Å². The molecule has 0 spiro atoms. The number of morpholine rings is 1. The van der Waals surface area contributed by atoms with Gasteiger partial charge in [0.15, 0.2) is 0 Å². The van der Waals surface area contributed by atoms with Gasteiger partial charge in [0.2, 0.25) is 0 Å². The maximum atomic E-state index is 6.11. The third-order valence-corrected chi connectivity index (χ3v) is 4.89. The summed E-state index contributed by atoms with van der Waals surface area (Å²) >= 11 is 0. The number of hydrogen-bond acceptors (Lipinski definition) is 4. The molecule has 1 aromatic carbocycles. The summed E-state index contributed by atoms with van der Waals surface area (Å²) in [4.78, 5) is 5.06. The lowest BCUT2D eigenvalue weighted by molar-refractivity contribution is -0.0123. The van der Waals surface area contributed by atoms with Crippen LogP contribution >= 0.6 is 0 Å². The van der Waals surface area contributed by atoms with Crippen LogP contribution in [0.2, 0.25) is 0 Å². The Bertz CT molecular complexity index is 474. The van der Waals surface area contributed by atoms with E-state index in [9.17, 15) is 0 Å². The molecule has 0 radical (unpaired) electrons. The second-order valence-electron chi connectivity index (χ2n) is 6.62. The first-order valence-electron chi connectivity index (χ1n) is 9.06. The van der Waals surface area contributed by atoms with Gasteiger partial charge in [0.1, 0.15) is 0 Å². The molecule has 1 atom stereocenters. The molecular weight excluding hydrogens is 288 g/mol. The molecule has 2 aliphatic rings. The smallest absolute Gasteiger partial charge is 0.0828 e. The standard InChI is InChI=1S/C19H30N2O2/c1-2-17-6-3-4-7-18(17)14-21-8-5-11-23-19(16-21)15-20-9-12-22-13-10-20/h3-4,6-7,19H,2,5,8-16H2,1H3/t19-/m1/s1. The molecule has 4 heteroatoms. The monoisotopic (exact) mass is 318 g/mol. The maximum absolute atomic E-state index is 6.11. The molecule has 0 unspecified atom stereocenters. The van der Waals surface area contributed by atoms with Gasteiger partial charge < -0.3 is 9.47 Å². The van der Waals surface area contributed by atoms with Gasteiger partial charge in [-0.3, -0.25) is 9.80 Å². The summed E-state index contributed by atoms with van der Waals surface area (Å²) in [7, 11) is 0. The quantitative estimate of drug-likeness (QED) is 0.831. The van der Waals surface area contributed by atoms with Crippen molar-refractivity contribution >= 4 is 0 Å². The zero-order valence-electron chi connectivity index (χ0n) is 14.4. The Kier molecular flexibility index (Phi) is 6.46. The molecule has 0 aliphatic carbocycles. The van der Waals surface area contributed by atoms with Crippen LogP contribution in [0.3, 0.4) is 0 Å². The molecule has 2 fully saturated rings. The van der Waals surface area contributed by atoms with Gasteiger partial charge in [-0.05, 0) is 24.0 Å². The Morgan fingerprint density at radius 2 is 1.78 bits per heavy atom. The second-order valence-corrected chi connectivity index (χ2v) is 6.62. The molecule has 4 nitrogen and oxygen atoms in total. The van der Waals surface area contributed by atoms with E-state index in [0.29, 0.717) is 6.10 Å². The average Bonchev–Trinajstić information content (AvgIpc) is 2.81. The molecule has 2 saturated heterocycles. The summed E-state index contributed by atoms with van der Waals surface area (Å²) in [6.07, 6.45) is 2.57. The summed E-state index contributed by atoms with van der Waals surface area (Å²) in [5.74, 6) is 0. The Morgan fingerprint density at radius 3 is 2.57 bits per heavy atom. The molecule has 2 aliphatic heterocycles. The number of nitrogens with zero attached hydrogens (tertiary/aromatic N) is 2. The maximum Gasteiger partial charge on any atom is 0.0828 e. The van der Waals surface area contributed by atoms with Gasteiger partial charge in [0.05, 0.1) is 19.3 Å². The number of aryl methyl sites for hydroxylation is 1. The highest BCUT2D eigenvalue weighted by molar-refractivity contribution is 5.26. The van der Waals surface area contributed by atoms with E-state index in [2.05, 4.69) is 41.0 Å². The van der Waals surface area contributed by atoms with E-state index in [1.54, 1.807) is 0 Å². The molecule has 0 bridgehead atoms. The lowest BCUT2D eigenvalue weighted by Crippen LogP contribution is -2.44. The van der Waals surface area contributed by atoms with Gasteiger partial charge in [-0.15, -0.1) is 0 Å². The van der Waals surface area contributed by atoms with Crippen molar-refractivity contribution in [2.75, 3.05) is 52.5 Å². The van der Waals surface area contributed by atoms with Gasteiger partial charge in [-0.1, -0.05) is 31.2 Å². The normalized spacial score (nSPS) is 24.5. The fraction of sp³-hybridized carbons (Fsp3) is 0.684. The van der Waals surface area contributed by atoms with Crippen molar-refractivity contribution in [1.82, 2.24) is 9.80 Å². The largest absolute Gasteiger partial charge is 0.379 e. The topological polar surface area (TPSA) is 24.9 Å². The molecular formula is C19H30N2O2. The lowest BCUT2D eigenvalue weighted by atomic mass is 10.0. The highest BCUT2D eigenvalue weighted by atomic mass is 16.5. The molecule has 0 saturated carbocycles. The van der Waals surface area contributed by atoms with E-state index in [-0.39, 0.29) is 0 Å². The first kappa shape index (κ1) is 16.9. The van der Waals surface area contributed by atoms with Crippen LogP contribution in [0.1, 0.15) is 24.5 Å². The van der Waals surface area contributed by atoms with E-state index in [4.69, 9.17) is 9.47 Å². The van der Waals surface area contributed by atoms with E-state index in [0.717, 1.165) is 71.9 Å².